The lowest BCUT2D eigenvalue weighted by atomic mass is 10.2. The van der Waals surface area contributed by atoms with Crippen molar-refractivity contribution in [3.05, 3.63) is 17.5 Å². The first kappa shape index (κ1) is 14.0. The monoisotopic (exact) mass is 291 g/mol. The molecule has 3 rings (SSSR count). The molecule has 114 valence electrons. The Morgan fingerprint density at radius 3 is 2.62 bits per heavy atom. The average molecular weight is 291 g/mol. The van der Waals surface area contributed by atoms with E-state index in [1.165, 1.54) is 0 Å². The molecule has 0 spiro atoms. The molecular weight excluding hydrogens is 270 g/mol. The Kier molecular flexibility index (Phi) is 3.62. The molecule has 0 amide bonds. The van der Waals surface area contributed by atoms with E-state index in [1.54, 1.807) is 0 Å². The van der Waals surface area contributed by atoms with Gasteiger partial charge in [-0.15, -0.1) is 0 Å². The van der Waals surface area contributed by atoms with Crippen LogP contribution in [0.3, 0.4) is 0 Å². The van der Waals surface area contributed by atoms with Crippen molar-refractivity contribution in [1.82, 2.24) is 30.0 Å². The maximum absolute atomic E-state index is 5.76. The van der Waals surface area contributed by atoms with Gasteiger partial charge in [-0.2, -0.15) is 5.10 Å². The summed E-state index contributed by atoms with van der Waals surface area (Å²) in [6, 6.07) is 0. The van der Waals surface area contributed by atoms with Gasteiger partial charge in [0.1, 0.15) is 0 Å². The van der Waals surface area contributed by atoms with Gasteiger partial charge >= 0.3 is 0 Å². The molecule has 2 aromatic rings. The number of anilines is 1. The van der Waals surface area contributed by atoms with E-state index in [9.17, 15) is 0 Å². The van der Waals surface area contributed by atoms with Gasteiger partial charge in [0.25, 0.3) is 0 Å². The second-order valence-electron chi connectivity index (χ2n) is 5.68. The molecule has 0 unspecified atom stereocenters. The average Bonchev–Trinajstić information content (AvgIpc) is 3.00. The van der Waals surface area contributed by atoms with Crippen molar-refractivity contribution in [2.45, 2.75) is 39.5 Å². The standard InChI is InChI=1S/C13H21N7O/c1-9-6-19(7-10(2)21-9)13-15-16-17-20(13)8-12-5-14-18(4)11(12)3/h5,9-10H,6-8H2,1-4H3/t9-,10+. The lowest BCUT2D eigenvalue weighted by Gasteiger charge is -2.35. The molecule has 1 fully saturated rings. The van der Waals surface area contributed by atoms with Crippen molar-refractivity contribution in [1.29, 1.82) is 0 Å². The predicted octanol–water partition coefficient (Wildman–Crippen LogP) is 0.377. The zero-order chi connectivity index (χ0) is 15.0. The number of ether oxygens (including phenoxy) is 1. The molecule has 8 heteroatoms. The fourth-order valence-electron chi connectivity index (χ4n) is 2.73. The first-order chi connectivity index (χ1) is 10.0. The number of nitrogens with zero attached hydrogens (tertiary/aromatic N) is 7. The predicted molar refractivity (Wildman–Crippen MR) is 77.1 cm³/mol. The molecule has 3 heterocycles. The molecule has 8 nitrogen and oxygen atoms in total. The molecular formula is C13H21N7O. The Morgan fingerprint density at radius 1 is 1.29 bits per heavy atom. The number of aromatic nitrogens is 6. The second-order valence-corrected chi connectivity index (χ2v) is 5.68. The fourth-order valence-corrected chi connectivity index (χ4v) is 2.73. The molecule has 1 aliphatic heterocycles. The second kappa shape index (κ2) is 5.44. The summed E-state index contributed by atoms with van der Waals surface area (Å²) < 4.78 is 9.45. The van der Waals surface area contributed by atoms with Gasteiger partial charge in [-0.1, -0.05) is 5.10 Å². The first-order valence-electron chi connectivity index (χ1n) is 7.18. The van der Waals surface area contributed by atoms with Crippen LogP contribution in [0.5, 0.6) is 0 Å². The summed E-state index contributed by atoms with van der Waals surface area (Å²) in [6.45, 7) is 8.42. The Hall–Kier alpha value is -1.96. The minimum atomic E-state index is 0.180. The Morgan fingerprint density at radius 2 is 2.00 bits per heavy atom. The van der Waals surface area contributed by atoms with Crippen LogP contribution in [0.15, 0.2) is 6.20 Å². The normalized spacial score (nSPS) is 22.8. The van der Waals surface area contributed by atoms with Crippen LogP contribution >= 0.6 is 0 Å². The van der Waals surface area contributed by atoms with Gasteiger partial charge < -0.3 is 9.64 Å². The van der Waals surface area contributed by atoms with Crippen molar-refractivity contribution in [3.8, 4) is 0 Å². The van der Waals surface area contributed by atoms with Crippen LogP contribution in [-0.2, 0) is 18.3 Å². The van der Waals surface area contributed by atoms with E-state index in [4.69, 9.17) is 4.74 Å². The third-order valence-electron chi connectivity index (χ3n) is 3.87. The summed E-state index contributed by atoms with van der Waals surface area (Å²) in [4.78, 5) is 2.19. The van der Waals surface area contributed by atoms with Gasteiger partial charge in [0.05, 0.1) is 24.9 Å². The van der Waals surface area contributed by atoms with Crippen molar-refractivity contribution in [2.75, 3.05) is 18.0 Å². The molecule has 2 aromatic heterocycles. The van der Waals surface area contributed by atoms with E-state index >= 15 is 0 Å². The number of morpholine rings is 1. The Balaban J connectivity index is 1.82. The van der Waals surface area contributed by atoms with Crippen molar-refractivity contribution in [3.63, 3.8) is 0 Å². The van der Waals surface area contributed by atoms with Crippen LogP contribution in [0, 0.1) is 6.92 Å². The highest BCUT2D eigenvalue weighted by atomic mass is 16.5. The minimum absolute atomic E-state index is 0.180. The summed E-state index contributed by atoms with van der Waals surface area (Å²) in [6.07, 6.45) is 2.23. The minimum Gasteiger partial charge on any atom is -0.372 e. The summed E-state index contributed by atoms with van der Waals surface area (Å²) >= 11 is 0. The largest absolute Gasteiger partial charge is 0.372 e. The lowest BCUT2D eigenvalue weighted by Crippen LogP contribution is -2.46. The smallest absolute Gasteiger partial charge is 0.246 e. The fraction of sp³-hybridized carbons (Fsp3) is 0.692. The van der Waals surface area contributed by atoms with Crippen LogP contribution in [0.4, 0.5) is 5.95 Å². The van der Waals surface area contributed by atoms with E-state index in [0.717, 1.165) is 30.3 Å². The van der Waals surface area contributed by atoms with Gasteiger partial charge in [-0.05, 0) is 31.2 Å². The molecule has 0 aromatic carbocycles. The molecule has 0 bridgehead atoms. The van der Waals surface area contributed by atoms with E-state index < -0.39 is 0 Å². The van der Waals surface area contributed by atoms with Gasteiger partial charge in [0, 0.05) is 31.4 Å². The van der Waals surface area contributed by atoms with E-state index in [2.05, 4.69) is 39.4 Å². The molecule has 1 saturated heterocycles. The third kappa shape index (κ3) is 2.76. The van der Waals surface area contributed by atoms with E-state index in [-0.39, 0.29) is 12.2 Å². The summed E-state index contributed by atoms with van der Waals surface area (Å²) in [5, 5.41) is 16.4. The van der Waals surface area contributed by atoms with Crippen LogP contribution < -0.4 is 4.90 Å². The number of hydrogen-bond acceptors (Lipinski definition) is 6. The topological polar surface area (TPSA) is 73.9 Å². The van der Waals surface area contributed by atoms with Crippen LogP contribution in [0.1, 0.15) is 25.1 Å². The highest BCUT2D eigenvalue weighted by Gasteiger charge is 2.26. The number of aryl methyl sites for hydroxylation is 1. The maximum Gasteiger partial charge on any atom is 0.246 e. The quantitative estimate of drug-likeness (QED) is 0.814. The van der Waals surface area contributed by atoms with Gasteiger partial charge in [-0.3, -0.25) is 4.68 Å². The molecule has 0 aliphatic carbocycles. The van der Waals surface area contributed by atoms with E-state index in [0.29, 0.717) is 6.54 Å². The van der Waals surface area contributed by atoms with Gasteiger partial charge in [0.15, 0.2) is 0 Å². The molecule has 0 radical (unpaired) electrons. The highest BCUT2D eigenvalue weighted by molar-refractivity contribution is 5.31. The highest BCUT2D eigenvalue weighted by Crippen LogP contribution is 2.18. The molecule has 1 aliphatic rings. The molecule has 0 N–H and O–H groups in total. The van der Waals surface area contributed by atoms with Crippen molar-refractivity contribution >= 4 is 5.95 Å². The number of rotatable bonds is 3. The van der Waals surface area contributed by atoms with E-state index in [1.807, 2.05) is 29.5 Å². The first-order valence-corrected chi connectivity index (χ1v) is 7.18. The zero-order valence-electron chi connectivity index (χ0n) is 12.9. The molecule has 0 saturated carbocycles. The summed E-state index contributed by atoms with van der Waals surface area (Å²) in [7, 11) is 1.94. The van der Waals surface area contributed by atoms with Crippen LogP contribution in [0.25, 0.3) is 0 Å². The third-order valence-corrected chi connectivity index (χ3v) is 3.87. The molecule has 2 atom stereocenters. The summed E-state index contributed by atoms with van der Waals surface area (Å²) in [5.74, 6) is 0.792. The SMILES string of the molecule is Cc1c(Cn2nnnc2N2C[C@@H](C)O[C@@H](C)C2)cnn1C. The summed E-state index contributed by atoms with van der Waals surface area (Å²) in [5.41, 5.74) is 2.25. The maximum atomic E-state index is 5.76. The zero-order valence-corrected chi connectivity index (χ0v) is 12.9. The number of tetrazole rings is 1. The Bertz CT molecular complexity index is 610. The molecule has 21 heavy (non-hydrogen) atoms. The van der Waals surface area contributed by atoms with Gasteiger partial charge in [-0.25, -0.2) is 4.68 Å². The lowest BCUT2D eigenvalue weighted by molar-refractivity contribution is -0.00594. The van der Waals surface area contributed by atoms with Crippen molar-refractivity contribution < 1.29 is 4.74 Å². The van der Waals surface area contributed by atoms with Gasteiger partial charge in [0.2, 0.25) is 5.95 Å². The number of hydrogen-bond donors (Lipinski definition) is 0. The van der Waals surface area contributed by atoms with Crippen molar-refractivity contribution in [2.24, 2.45) is 7.05 Å². The van der Waals surface area contributed by atoms with Crippen LogP contribution in [-0.4, -0.2) is 55.3 Å². The Labute approximate surface area is 123 Å². The van der Waals surface area contributed by atoms with Crippen LogP contribution in [0.2, 0.25) is 0 Å².